The molecule has 2 aromatic heterocycles. The van der Waals surface area contributed by atoms with Crippen molar-refractivity contribution in [2.75, 3.05) is 0 Å². The van der Waals surface area contributed by atoms with Gasteiger partial charge in [0.1, 0.15) is 6.04 Å². The van der Waals surface area contributed by atoms with Crippen molar-refractivity contribution in [2.45, 2.75) is 84.5 Å². The molecule has 5 atom stereocenters. The van der Waals surface area contributed by atoms with Crippen LogP contribution in [-0.4, -0.2) is 44.8 Å². The van der Waals surface area contributed by atoms with E-state index in [0.29, 0.717) is 30.3 Å². The van der Waals surface area contributed by atoms with Gasteiger partial charge >= 0.3 is 6.18 Å². The molecule has 0 spiro atoms. The molecule has 46 heavy (non-hydrogen) atoms. The first-order chi connectivity index (χ1) is 21.7. The highest BCUT2D eigenvalue weighted by Crippen LogP contribution is 2.39. The number of hydrogen-bond acceptors (Lipinski definition) is 5. The van der Waals surface area contributed by atoms with E-state index < -0.39 is 23.7 Å². The third-order valence-electron chi connectivity index (χ3n) is 8.62. The Morgan fingerprint density at radius 1 is 1.02 bits per heavy atom. The van der Waals surface area contributed by atoms with E-state index in [1.165, 1.54) is 6.07 Å². The van der Waals surface area contributed by atoms with Crippen molar-refractivity contribution in [3.63, 3.8) is 0 Å². The lowest BCUT2D eigenvalue weighted by molar-refractivity contribution is -0.136. The van der Waals surface area contributed by atoms with E-state index in [0.717, 1.165) is 30.2 Å². The van der Waals surface area contributed by atoms with Gasteiger partial charge in [-0.3, -0.25) is 19.4 Å². The van der Waals surface area contributed by atoms with Crippen LogP contribution in [0.25, 0.3) is 10.9 Å². The molecule has 1 aromatic carbocycles. The predicted octanol–water partition coefficient (Wildman–Crippen LogP) is 4.75. The lowest BCUT2D eigenvalue weighted by Gasteiger charge is -2.27. The minimum Gasteiger partial charge on any atom is -0.392 e. The number of aryl methyl sites for hydroxylation is 1. The van der Waals surface area contributed by atoms with Gasteiger partial charge in [-0.15, -0.1) is 0 Å². The number of nitrogens with zero attached hydrogens (tertiary/aromatic N) is 1. The molecule has 2 heterocycles. The number of primary amides is 1. The van der Waals surface area contributed by atoms with Crippen LogP contribution in [0.2, 0.25) is 0 Å². The predicted molar refractivity (Wildman–Crippen MR) is 176 cm³/mol. The van der Waals surface area contributed by atoms with Crippen LogP contribution in [0.15, 0.2) is 42.6 Å². The summed E-state index contributed by atoms with van der Waals surface area (Å²) in [7, 11) is 0. The fraction of sp³-hybridized carbons (Fsp3) is 0.485. The molecule has 0 saturated carbocycles. The molecule has 7 N–H and O–H groups in total. The van der Waals surface area contributed by atoms with E-state index >= 15 is 0 Å². The molecular formula is C33H43F3N6O3S. The molecule has 4 rings (SSSR count). The second-order valence-corrected chi connectivity index (χ2v) is 12.3. The van der Waals surface area contributed by atoms with Crippen molar-refractivity contribution in [1.82, 2.24) is 20.6 Å². The van der Waals surface area contributed by atoms with Gasteiger partial charge in [-0.05, 0) is 54.9 Å². The highest BCUT2D eigenvalue weighted by atomic mass is 32.1. The number of hydrogen-bond donors (Lipinski definition) is 5. The minimum absolute atomic E-state index is 0.0233. The maximum absolute atomic E-state index is 13.3. The van der Waals surface area contributed by atoms with Crippen molar-refractivity contribution in [1.29, 1.82) is 0 Å². The Kier molecular flexibility index (Phi) is 12.7. The van der Waals surface area contributed by atoms with Crippen LogP contribution in [0.3, 0.4) is 0 Å². The Morgan fingerprint density at radius 2 is 1.70 bits per heavy atom. The van der Waals surface area contributed by atoms with Crippen molar-refractivity contribution in [3.8, 4) is 0 Å². The summed E-state index contributed by atoms with van der Waals surface area (Å²) in [6.45, 7) is 7.81. The Morgan fingerprint density at radius 3 is 2.26 bits per heavy atom. The Bertz CT molecular complexity index is 1530. The Balaban J connectivity index is 0.000000277. The molecule has 0 bridgehead atoms. The van der Waals surface area contributed by atoms with Crippen molar-refractivity contribution in [2.24, 2.45) is 29.2 Å². The number of nitrogens with two attached hydrogens (primary N) is 2. The zero-order valence-corrected chi connectivity index (χ0v) is 27.4. The van der Waals surface area contributed by atoms with Crippen LogP contribution >= 0.6 is 12.2 Å². The van der Waals surface area contributed by atoms with E-state index in [2.05, 4.69) is 20.6 Å². The second kappa shape index (κ2) is 16.0. The summed E-state index contributed by atoms with van der Waals surface area (Å²) in [5, 5.41) is 6.15. The number of halogens is 3. The van der Waals surface area contributed by atoms with Gasteiger partial charge in [0.15, 0.2) is 0 Å². The highest BCUT2D eigenvalue weighted by molar-refractivity contribution is 7.80. The van der Waals surface area contributed by atoms with Crippen LogP contribution in [0, 0.1) is 17.8 Å². The molecule has 0 aliphatic heterocycles. The summed E-state index contributed by atoms with van der Waals surface area (Å²) in [5.41, 5.74) is 12.7. The van der Waals surface area contributed by atoms with E-state index in [1.54, 1.807) is 24.4 Å². The maximum Gasteiger partial charge on any atom is 0.418 e. The number of thiocarbonyl (C=S) groups is 1. The van der Waals surface area contributed by atoms with Gasteiger partial charge in [0, 0.05) is 28.9 Å². The summed E-state index contributed by atoms with van der Waals surface area (Å²) in [6.07, 6.45) is 0.441. The second-order valence-electron chi connectivity index (χ2n) is 11.9. The summed E-state index contributed by atoms with van der Waals surface area (Å²) in [6, 6.07) is 8.53. The van der Waals surface area contributed by atoms with Gasteiger partial charge in [-0.25, -0.2) is 0 Å². The first kappa shape index (κ1) is 36.5. The van der Waals surface area contributed by atoms with Crippen LogP contribution in [0.1, 0.15) is 69.5 Å². The van der Waals surface area contributed by atoms with Crippen molar-refractivity contribution in [3.05, 3.63) is 65.1 Å². The van der Waals surface area contributed by atoms with Gasteiger partial charge in [0.2, 0.25) is 17.7 Å². The quantitative estimate of drug-likeness (QED) is 0.187. The topological polar surface area (TPSA) is 156 Å². The van der Waals surface area contributed by atoms with Crippen LogP contribution in [0.4, 0.5) is 13.2 Å². The fourth-order valence-electron chi connectivity index (χ4n) is 5.52. The molecule has 9 nitrogen and oxygen atoms in total. The molecule has 0 radical (unpaired) electrons. The third-order valence-corrected chi connectivity index (χ3v) is 8.87. The van der Waals surface area contributed by atoms with E-state index in [4.69, 9.17) is 23.7 Å². The number of alkyl halides is 3. The van der Waals surface area contributed by atoms with E-state index in [9.17, 15) is 27.6 Å². The van der Waals surface area contributed by atoms with Crippen molar-refractivity contribution < 1.29 is 27.6 Å². The number of fused-ring (bicyclic) bond motifs is 3. The maximum atomic E-state index is 13.3. The molecular weight excluding hydrogens is 617 g/mol. The molecule has 1 aliphatic carbocycles. The van der Waals surface area contributed by atoms with Gasteiger partial charge in [-0.2, -0.15) is 13.2 Å². The molecule has 250 valence electrons. The number of benzene rings is 1. The van der Waals surface area contributed by atoms with Gasteiger partial charge in [0.25, 0.3) is 0 Å². The molecule has 1 aliphatic rings. The number of aromatic amines is 1. The molecule has 3 unspecified atom stereocenters. The van der Waals surface area contributed by atoms with Crippen LogP contribution < -0.4 is 22.1 Å². The lowest BCUT2D eigenvalue weighted by atomic mass is 9.85. The number of carbonyl (C=O) groups is 3. The number of carbonyl (C=O) groups excluding carboxylic acids is 3. The summed E-state index contributed by atoms with van der Waals surface area (Å²) >= 11 is 5.09. The van der Waals surface area contributed by atoms with Crippen molar-refractivity contribution >= 4 is 45.8 Å². The van der Waals surface area contributed by atoms with Gasteiger partial charge in [-0.1, -0.05) is 71.0 Å². The van der Waals surface area contributed by atoms with Gasteiger partial charge < -0.3 is 27.1 Å². The SMILES string of the molecule is CCC(C)[C@H](NC(=O)Cc1ccccn1)C(N)=O.CC[C@H](C)C(NC(=O)C1CCc2[nH]c3c(C(F)(F)F)cccc3c2C1)C(N)=S. The third kappa shape index (κ3) is 9.27. The van der Waals surface area contributed by atoms with Gasteiger partial charge in [0.05, 0.1) is 28.5 Å². The molecule has 0 fully saturated rings. The summed E-state index contributed by atoms with van der Waals surface area (Å²) in [5.74, 6) is -1.07. The molecule has 0 saturated heterocycles. The summed E-state index contributed by atoms with van der Waals surface area (Å²) < 4.78 is 39.9. The van der Waals surface area contributed by atoms with E-state index in [-0.39, 0.29) is 52.5 Å². The Labute approximate surface area is 272 Å². The number of aromatic nitrogens is 2. The smallest absolute Gasteiger partial charge is 0.392 e. The normalized spacial score (nSPS) is 17.0. The zero-order valence-electron chi connectivity index (χ0n) is 26.5. The zero-order chi connectivity index (χ0) is 34.2. The highest BCUT2D eigenvalue weighted by Gasteiger charge is 2.36. The molecule has 3 aromatic rings. The lowest BCUT2D eigenvalue weighted by Crippen LogP contribution is -2.49. The van der Waals surface area contributed by atoms with Crippen LogP contribution in [-0.2, 0) is 39.8 Å². The monoisotopic (exact) mass is 660 g/mol. The number of H-pyrrole nitrogens is 1. The minimum atomic E-state index is -4.43. The molecule has 13 heteroatoms. The first-order valence-electron chi connectivity index (χ1n) is 15.5. The number of rotatable bonds is 11. The van der Waals surface area contributed by atoms with Crippen LogP contribution in [0.5, 0.6) is 0 Å². The standard InChI is InChI=1S/C20H24F3N3OS.C13H19N3O2/c1-3-10(2)16(18(24)28)26-19(27)11-7-8-15-13(9-11)12-5-4-6-14(17(12)25-15)20(21,22)23;1-3-9(2)12(13(14)18)16-11(17)8-10-6-4-5-7-15-10/h4-6,10-11,16,25H,3,7-9H2,1-2H3,(H2,24,28)(H,26,27);4-7,9,12H,3,8H2,1-2H3,(H2,14,18)(H,16,17)/t10-,11?,16?;9?,12-/m00/s1. The number of nitrogens with one attached hydrogen (secondary N) is 3. The first-order valence-corrected chi connectivity index (χ1v) is 15.9. The Hall–Kier alpha value is -4.00. The average Bonchev–Trinajstić information content (AvgIpc) is 3.39. The number of amides is 3. The van der Waals surface area contributed by atoms with E-state index in [1.807, 2.05) is 33.8 Å². The average molecular weight is 661 g/mol. The summed E-state index contributed by atoms with van der Waals surface area (Å²) in [4.78, 5) is 43.1. The largest absolute Gasteiger partial charge is 0.418 e. The molecule has 3 amide bonds. The fourth-order valence-corrected chi connectivity index (χ4v) is 5.81. The number of para-hydroxylation sites is 1. The number of pyridine rings is 1.